The van der Waals surface area contributed by atoms with Crippen molar-refractivity contribution in [2.24, 2.45) is 0 Å². The second-order valence-corrected chi connectivity index (χ2v) is 21.8. The molecule has 410 valence electrons. The van der Waals surface area contributed by atoms with Crippen LogP contribution in [0.5, 0.6) is 0 Å². The fourth-order valence-electron chi connectivity index (χ4n) is 9.99. The molecule has 0 spiro atoms. The highest BCUT2D eigenvalue weighted by Gasteiger charge is 2.18. The van der Waals surface area contributed by atoms with E-state index in [0.717, 1.165) is 44.9 Å². The summed E-state index contributed by atoms with van der Waals surface area (Å²) in [5, 5.41) is 23.2. The molecule has 0 aliphatic rings. The SMILES string of the molecule is CCCCCCCCCCCCCCCCCCCCC/C=C/C(O)C(CO)NC(=O)CCCCCCCCCCCCCCCCCCOC(=O)CCCCCCCCCCCCCCCCC. The van der Waals surface area contributed by atoms with E-state index in [1.807, 2.05) is 6.08 Å². The Labute approximate surface area is 431 Å². The number of rotatable bonds is 59. The number of carbonyl (C=O) groups excluding carboxylic acids is 2. The molecular formula is C63H123NO5. The lowest BCUT2D eigenvalue weighted by Crippen LogP contribution is -2.45. The van der Waals surface area contributed by atoms with Crippen molar-refractivity contribution in [3.8, 4) is 0 Å². The largest absolute Gasteiger partial charge is 0.466 e. The van der Waals surface area contributed by atoms with Crippen LogP contribution in [0.15, 0.2) is 12.2 Å². The van der Waals surface area contributed by atoms with Crippen LogP contribution in [0, 0.1) is 0 Å². The summed E-state index contributed by atoms with van der Waals surface area (Å²) in [5.41, 5.74) is 0. The van der Waals surface area contributed by atoms with Crippen LogP contribution < -0.4 is 5.32 Å². The van der Waals surface area contributed by atoms with Crippen molar-refractivity contribution in [1.82, 2.24) is 5.32 Å². The van der Waals surface area contributed by atoms with Gasteiger partial charge >= 0.3 is 5.97 Å². The minimum Gasteiger partial charge on any atom is -0.466 e. The maximum absolute atomic E-state index is 12.5. The fraction of sp³-hybridized carbons (Fsp3) is 0.937. The standard InChI is InChI=1S/C63H123NO5/c1-3-5-7-9-11-13-15-17-19-20-21-22-23-24-28-31-35-39-43-47-51-55-61(66)60(59-65)64-62(67)56-52-48-44-40-36-32-29-25-26-30-34-38-42-46-50-54-58-69-63(68)57-53-49-45-41-37-33-27-18-16-14-12-10-8-6-4-2/h51,55,60-61,65-66H,3-50,52-54,56-59H2,1-2H3,(H,64,67)/b55-51+. The molecule has 0 aromatic heterocycles. The first-order chi connectivity index (χ1) is 34.0. The minimum absolute atomic E-state index is 0.00605. The molecule has 2 atom stereocenters. The number of carbonyl (C=O) groups is 2. The molecule has 0 rings (SSSR count). The van der Waals surface area contributed by atoms with Gasteiger partial charge < -0.3 is 20.3 Å². The van der Waals surface area contributed by atoms with Crippen LogP contribution in [0.4, 0.5) is 0 Å². The Morgan fingerprint density at radius 3 is 0.986 bits per heavy atom. The molecule has 0 bridgehead atoms. The van der Waals surface area contributed by atoms with Gasteiger partial charge in [-0.15, -0.1) is 0 Å². The summed E-state index contributed by atoms with van der Waals surface area (Å²) in [4.78, 5) is 24.6. The Hall–Kier alpha value is -1.40. The van der Waals surface area contributed by atoms with Gasteiger partial charge in [0.1, 0.15) is 0 Å². The van der Waals surface area contributed by atoms with Gasteiger partial charge in [-0.1, -0.05) is 321 Å². The predicted octanol–water partition coefficient (Wildman–Crippen LogP) is 19.6. The number of unbranched alkanes of at least 4 members (excludes halogenated alkanes) is 48. The van der Waals surface area contributed by atoms with Crippen molar-refractivity contribution in [3.63, 3.8) is 0 Å². The second-order valence-electron chi connectivity index (χ2n) is 21.8. The van der Waals surface area contributed by atoms with Gasteiger partial charge in [-0.2, -0.15) is 0 Å². The number of aliphatic hydroxyl groups is 2. The molecule has 2 unspecified atom stereocenters. The summed E-state index contributed by atoms with van der Waals surface area (Å²) in [6, 6.07) is -0.633. The Morgan fingerprint density at radius 1 is 0.391 bits per heavy atom. The third-order valence-corrected chi connectivity index (χ3v) is 14.8. The lowest BCUT2D eigenvalue weighted by molar-refractivity contribution is -0.143. The van der Waals surface area contributed by atoms with Gasteiger partial charge in [-0.05, 0) is 32.1 Å². The molecule has 0 radical (unpaired) electrons. The molecule has 3 N–H and O–H groups in total. The zero-order valence-electron chi connectivity index (χ0n) is 46.8. The average molecular weight is 975 g/mol. The average Bonchev–Trinajstić information content (AvgIpc) is 3.35. The summed E-state index contributed by atoms with van der Waals surface area (Å²) in [6.45, 7) is 4.93. The maximum atomic E-state index is 12.5. The lowest BCUT2D eigenvalue weighted by atomic mass is 10.0. The molecule has 6 heteroatoms. The number of amides is 1. The minimum atomic E-state index is -0.849. The van der Waals surface area contributed by atoms with E-state index in [1.54, 1.807) is 6.08 Å². The zero-order valence-corrected chi connectivity index (χ0v) is 46.8. The fourth-order valence-corrected chi connectivity index (χ4v) is 9.99. The van der Waals surface area contributed by atoms with E-state index >= 15 is 0 Å². The van der Waals surface area contributed by atoms with Gasteiger partial charge in [-0.3, -0.25) is 9.59 Å². The summed E-state index contributed by atoms with van der Waals surface area (Å²) < 4.78 is 5.49. The molecule has 0 aliphatic heterocycles. The molecule has 0 fully saturated rings. The number of esters is 1. The van der Waals surface area contributed by atoms with Gasteiger partial charge in [0.05, 0.1) is 25.4 Å². The van der Waals surface area contributed by atoms with Crippen LogP contribution in [0.2, 0.25) is 0 Å². The van der Waals surface area contributed by atoms with E-state index in [4.69, 9.17) is 4.74 Å². The number of allylic oxidation sites excluding steroid dienone is 1. The molecular weight excluding hydrogens is 851 g/mol. The molecule has 6 nitrogen and oxygen atoms in total. The lowest BCUT2D eigenvalue weighted by Gasteiger charge is -2.20. The van der Waals surface area contributed by atoms with E-state index in [-0.39, 0.29) is 18.5 Å². The molecule has 69 heavy (non-hydrogen) atoms. The molecule has 0 saturated carbocycles. The van der Waals surface area contributed by atoms with E-state index in [9.17, 15) is 19.8 Å². The van der Waals surface area contributed by atoms with Gasteiger partial charge in [0, 0.05) is 12.8 Å². The summed E-state index contributed by atoms with van der Waals surface area (Å²) in [6.07, 6.45) is 71.0. The van der Waals surface area contributed by atoms with E-state index in [2.05, 4.69) is 19.2 Å². The highest BCUT2D eigenvalue weighted by molar-refractivity contribution is 5.76. The number of aliphatic hydroxyl groups excluding tert-OH is 2. The van der Waals surface area contributed by atoms with Crippen LogP contribution in [-0.4, -0.2) is 47.4 Å². The topological polar surface area (TPSA) is 95.9 Å². The first-order valence-electron chi connectivity index (χ1n) is 31.5. The molecule has 0 aromatic rings. The highest BCUT2D eigenvalue weighted by Crippen LogP contribution is 2.18. The van der Waals surface area contributed by atoms with E-state index < -0.39 is 12.1 Å². The van der Waals surface area contributed by atoms with Crippen molar-refractivity contribution in [2.75, 3.05) is 13.2 Å². The first-order valence-corrected chi connectivity index (χ1v) is 31.5. The predicted molar refractivity (Wildman–Crippen MR) is 301 cm³/mol. The third-order valence-electron chi connectivity index (χ3n) is 14.8. The second kappa shape index (κ2) is 59.2. The molecule has 1 amide bonds. The van der Waals surface area contributed by atoms with Gasteiger partial charge in [-0.25, -0.2) is 0 Å². The number of ether oxygens (including phenoxy) is 1. The van der Waals surface area contributed by atoms with Gasteiger partial charge in [0.2, 0.25) is 5.91 Å². The van der Waals surface area contributed by atoms with Crippen molar-refractivity contribution in [1.29, 1.82) is 0 Å². The van der Waals surface area contributed by atoms with Gasteiger partial charge in [0.25, 0.3) is 0 Å². The maximum Gasteiger partial charge on any atom is 0.305 e. The summed E-state index contributed by atoms with van der Waals surface area (Å²) in [7, 11) is 0. The van der Waals surface area contributed by atoms with Crippen LogP contribution in [0.25, 0.3) is 0 Å². The van der Waals surface area contributed by atoms with Gasteiger partial charge in [0.15, 0.2) is 0 Å². The third kappa shape index (κ3) is 55.8. The Kier molecular flexibility index (Phi) is 58.0. The first kappa shape index (κ1) is 67.6. The van der Waals surface area contributed by atoms with Crippen molar-refractivity contribution >= 4 is 11.9 Å². The quantitative estimate of drug-likeness (QED) is 0.0321. The van der Waals surface area contributed by atoms with Crippen molar-refractivity contribution < 1.29 is 24.5 Å². The summed E-state index contributed by atoms with van der Waals surface area (Å²) in [5.74, 6) is -0.0647. The van der Waals surface area contributed by atoms with Crippen molar-refractivity contribution in [3.05, 3.63) is 12.2 Å². The highest BCUT2D eigenvalue weighted by atomic mass is 16.5. The molecule has 0 aromatic carbocycles. The molecule has 0 heterocycles. The van der Waals surface area contributed by atoms with Crippen LogP contribution in [0.1, 0.15) is 354 Å². The van der Waals surface area contributed by atoms with Crippen LogP contribution in [-0.2, 0) is 14.3 Å². The molecule has 0 saturated heterocycles. The normalized spacial score (nSPS) is 12.6. The van der Waals surface area contributed by atoms with E-state index in [1.165, 1.54) is 283 Å². The number of nitrogens with one attached hydrogen (secondary N) is 1. The number of hydrogen-bond donors (Lipinski definition) is 3. The summed E-state index contributed by atoms with van der Waals surface area (Å²) >= 11 is 0. The molecule has 0 aliphatic carbocycles. The smallest absolute Gasteiger partial charge is 0.305 e. The Morgan fingerprint density at radius 2 is 0.667 bits per heavy atom. The monoisotopic (exact) mass is 974 g/mol. The van der Waals surface area contributed by atoms with Crippen molar-refractivity contribution in [2.45, 2.75) is 366 Å². The van der Waals surface area contributed by atoms with Crippen LogP contribution in [0.3, 0.4) is 0 Å². The van der Waals surface area contributed by atoms with E-state index in [0.29, 0.717) is 19.4 Å². The van der Waals surface area contributed by atoms with Crippen LogP contribution >= 0.6 is 0 Å². The Balaban J connectivity index is 3.44. The zero-order chi connectivity index (χ0) is 50.0. The Bertz CT molecular complexity index is 1030. The number of hydrogen-bond acceptors (Lipinski definition) is 5.